The third-order valence-electron chi connectivity index (χ3n) is 11.1. The van der Waals surface area contributed by atoms with Gasteiger partial charge in [-0.25, -0.2) is 0 Å². The minimum atomic E-state index is -0.701. The van der Waals surface area contributed by atoms with Crippen LogP contribution in [0.25, 0.3) is 21.5 Å². The molecule has 52 heavy (non-hydrogen) atoms. The highest BCUT2D eigenvalue weighted by molar-refractivity contribution is 6.27. The number of nitrogens with one attached hydrogen (secondary N) is 1. The molecule has 4 amide bonds. The van der Waals surface area contributed by atoms with Gasteiger partial charge in [0.1, 0.15) is 0 Å². The van der Waals surface area contributed by atoms with Gasteiger partial charge in [0, 0.05) is 59.5 Å². The highest BCUT2D eigenvalue weighted by Gasteiger charge is 2.41. The summed E-state index contributed by atoms with van der Waals surface area (Å²) in [5, 5.41) is 6.54. The minimum absolute atomic E-state index is 0.353. The van der Waals surface area contributed by atoms with Gasteiger partial charge in [0.15, 0.2) is 0 Å². The third kappa shape index (κ3) is 5.61. The highest BCUT2D eigenvalue weighted by atomic mass is 16.5. The number of ether oxygens (including phenoxy) is 2. The molecular weight excluding hydrogens is 660 g/mol. The van der Waals surface area contributed by atoms with Gasteiger partial charge in [-0.2, -0.15) is 0 Å². The van der Waals surface area contributed by atoms with E-state index in [1.54, 1.807) is 19.1 Å². The number of benzene rings is 4. The first-order chi connectivity index (χ1) is 25.2. The number of imide groups is 2. The molecule has 12 nitrogen and oxygen atoms in total. The van der Waals surface area contributed by atoms with E-state index in [9.17, 15) is 19.2 Å². The summed E-state index contributed by atoms with van der Waals surface area (Å²) in [4.78, 5) is 65.6. The van der Waals surface area contributed by atoms with Crippen LogP contribution in [0.3, 0.4) is 0 Å². The number of nitrogens with zero attached hydrogens (tertiary/aromatic N) is 5. The monoisotopic (exact) mass is 704 g/mol. The van der Waals surface area contributed by atoms with Crippen molar-refractivity contribution in [3.8, 4) is 0 Å². The van der Waals surface area contributed by atoms with Gasteiger partial charge >= 0.3 is 0 Å². The van der Waals surface area contributed by atoms with E-state index >= 15 is 0 Å². The van der Waals surface area contributed by atoms with E-state index in [0.717, 1.165) is 48.3 Å². The van der Waals surface area contributed by atoms with E-state index in [2.05, 4.69) is 15.1 Å². The van der Waals surface area contributed by atoms with Crippen molar-refractivity contribution < 1.29 is 28.7 Å². The molecule has 4 aromatic carbocycles. The van der Waals surface area contributed by atoms with Crippen LogP contribution in [-0.2, 0) is 9.47 Å². The van der Waals surface area contributed by atoms with Crippen LogP contribution in [-0.4, -0.2) is 116 Å². The highest BCUT2D eigenvalue weighted by Crippen LogP contribution is 2.37. The summed E-state index contributed by atoms with van der Waals surface area (Å²) < 4.78 is 11.1. The molecule has 3 unspecified atom stereocenters. The summed E-state index contributed by atoms with van der Waals surface area (Å²) >= 11 is 0. The zero-order chi connectivity index (χ0) is 36.3. The lowest BCUT2D eigenvalue weighted by Gasteiger charge is -2.42. The van der Waals surface area contributed by atoms with Gasteiger partial charge in [-0.15, -0.1) is 0 Å². The van der Waals surface area contributed by atoms with Gasteiger partial charge in [0.05, 0.1) is 56.1 Å². The predicted molar refractivity (Wildman–Crippen MR) is 199 cm³/mol. The maximum Gasteiger partial charge on any atom is 0.262 e. The van der Waals surface area contributed by atoms with E-state index in [1.807, 2.05) is 74.3 Å². The molecule has 0 radical (unpaired) electrons. The standard InChI is InChI=1S/C40H44N6O6/c1-5-34(41-24(2)45-37(47)30-10-6-8-26-20-28(43-12-16-51-17-13-43)22-32(35(26)30)39(45)49)42(4)25(3)46-38(48)31-11-7-9-27-21-29(44-14-18-52-19-15-44)23-33(36(27)31)40(46)50/h6-11,20-25,34,41H,5,12-19H2,1-4H3. The van der Waals surface area contributed by atoms with Gasteiger partial charge in [-0.05, 0) is 74.5 Å². The van der Waals surface area contributed by atoms with E-state index in [1.165, 1.54) is 9.80 Å². The number of morpholine rings is 2. The number of carbonyl (C=O) groups is 4. The normalized spacial score (nSPS) is 19.6. The smallest absolute Gasteiger partial charge is 0.262 e. The molecule has 2 fully saturated rings. The first kappa shape index (κ1) is 34.2. The third-order valence-corrected chi connectivity index (χ3v) is 11.1. The van der Waals surface area contributed by atoms with Gasteiger partial charge < -0.3 is 19.3 Å². The second kappa shape index (κ2) is 13.6. The van der Waals surface area contributed by atoms with Crippen molar-refractivity contribution in [2.45, 2.75) is 45.7 Å². The van der Waals surface area contributed by atoms with Crippen LogP contribution < -0.4 is 15.1 Å². The Morgan fingerprint density at radius 2 is 1.10 bits per heavy atom. The average Bonchev–Trinajstić information content (AvgIpc) is 3.18. The molecule has 0 aliphatic carbocycles. The molecule has 0 saturated carbocycles. The van der Waals surface area contributed by atoms with Crippen molar-refractivity contribution in [3.05, 3.63) is 82.9 Å². The molecule has 4 aliphatic rings. The van der Waals surface area contributed by atoms with Gasteiger partial charge in [-0.3, -0.25) is 39.2 Å². The van der Waals surface area contributed by atoms with Crippen LogP contribution >= 0.6 is 0 Å². The fourth-order valence-electron chi connectivity index (χ4n) is 8.24. The van der Waals surface area contributed by atoms with E-state index in [4.69, 9.17) is 9.47 Å². The van der Waals surface area contributed by atoms with Crippen LogP contribution in [0.2, 0.25) is 0 Å². The van der Waals surface area contributed by atoms with Crippen molar-refractivity contribution in [1.29, 1.82) is 0 Å². The molecule has 12 heteroatoms. The molecule has 4 aliphatic heterocycles. The molecule has 4 aromatic rings. The zero-order valence-electron chi connectivity index (χ0n) is 30.1. The molecule has 8 rings (SSSR count). The van der Waals surface area contributed by atoms with Crippen LogP contribution in [0.5, 0.6) is 0 Å². The fourth-order valence-corrected chi connectivity index (χ4v) is 8.24. The van der Waals surface area contributed by atoms with E-state index in [0.29, 0.717) is 65.9 Å². The summed E-state index contributed by atoms with van der Waals surface area (Å²) in [5.41, 5.74) is 3.82. The zero-order valence-corrected chi connectivity index (χ0v) is 30.1. The molecule has 3 atom stereocenters. The van der Waals surface area contributed by atoms with E-state index in [-0.39, 0.29) is 23.6 Å². The lowest BCUT2D eigenvalue weighted by molar-refractivity contribution is 0.0153. The lowest BCUT2D eigenvalue weighted by Crippen LogP contribution is -2.61. The van der Waals surface area contributed by atoms with E-state index < -0.39 is 18.5 Å². The maximum absolute atomic E-state index is 14.3. The van der Waals surface area contributed by atoms with Crippen molar-refractivity contribution in [2.24, 2.45) is 0 Å². The SMILES string of the molecule is CCC(NC(C)N1C(=O)c2cccc3cc(N4CCOCC4)cc(c23)C1=O)N(C)C(C)N1C(=O)c2cccc3cc(N4CCOCC4)cc(c23)C1=O. The Labute approximate surface area is 302 Å². The Bertz CT molecular complexity index is 2110. The number of carbonyl (C=O) groups excluding carboxylic acids is 4. The van der Waals surface area contributed by atoms with Crippen LogP contribution in [0.15, 0.2) is 60.7 Å². The number of hydrogen-bond acceptors (Lipinski definition) is 10. The maximum atomic E-state index is 14.3. The Morgan fingerprint density at radius 1 is 0.654 bits per heavy atom. The molecule has 1 N–H and O–H groups in total. The average molecular weight is 705 g/mol. The van der Waals surface area contributed by atoms with Crippen LogP contribution in [0.4, 0.5) is 11.4 Å². The quantitative estimate of drug-likeness (QED) is 0.197. The molecule has 270 valence electrons. The molecular formula is C40H44N6O6. The second-order valence-corrected chi connectivity index (χ2v) is 14.0. The molecule has 0 spiro atoms. The molecule has 0 aromatic heterocycles. The number of rotatable bonds is 9. The van der Waals surface area contributed by atoms with Crippen molar-refractivity contribution in [1.82, 2.24) is 20.0 Å². The summed E-state index contributed by atoms with van der Waals surface area (Å²) in [6.45, 7) is 11.0. The van der Waals surface area contributed by atoms with Gasteiger partial charge in [-0.1, -0.05) is 31.2 Å². The first-order valence-corrected chi connectivity index (χ1v) is 18.2. The molecule has 4 heterocycles. The summed E-state index contributed by atoms with van der Waals surface area (Å²) in [6.07, 6.45) is -1.19. The van der Waals surface area contributed by atoms with Gasteiger partial charge in [0.2, 0.25) is 0 Å². The second-order valence-electron chi connectivity index (χ2n) is 14.0. The Kier molecular flexibility index (Phi) is 8.94. The van der Waals surface area contributed by atoms with Crippen molar-refractivity contribution >= 4 is 56.5 Å². The molecule has 0 bridgehead atoms. The first-order valence-electron chi connectivity index (χ1n) is 18.2. The Hall–Kier alpha value is -4.88. The van der Waals surface area contributed by atoms with Crippen LogP contribution in [0.1, 0.15) is 68.6 Å². The Balaban J connectivity index is 1.05. The summed E-state index contributed by atoms with van der Waals surface area (Å²) in [6, 6.07) is 19.0. The minimum Gasteiger partial charge on any atom is -0.378 e. The Morgan fingerprint density at radius 3 is 1.58 bits per heavy atom. The number of amides is 4. The largest absolute Gasteiger partial charge is 0.378 e. The van der Waals surface area contributed by atoms with Crippen LogP contribution in [0, 0.1) is 0 Å². The summed E-state index contributed by atoms with van der Waals surface area (Å²) in [7, 11) is 1.85. The van der Waals surface area contributed by atoms with Crippen molar-refractivity contribution in [3.63, 3.8) is 0 Å². The fraction of sp³-hybridized carbons (Fsp3) is 0.400. The topological polar surface area (TPSA) is 115 Å². The van der Waals surface area contributed by atoms with Gasteiger partial charge in [0.25, 0.3) is 23.6 Å². The predicted octanol–water partition coefficient (Wildman–Crippen LogP) is 4.51. The summed E-state index contributed by atoms with van der Waals surface area (Å²) in [5.74, 6) is -1.44. The molecule has 2 saturated heterocycles. The lowest BCUT2D eigenvalue weighted by atomic mass is 9.92. The number of hydrogen-bond donors (Lipinski definition) is 1. The number of anilines is 2. The van der Waals surface area contributed by atoms with Crippen molar-refractivity contribution in [2.75, 3.05) is 69.5 Å².